The molecule has 0 spiro atoms. The number of halogens is 1. The second kappa shape index (κ2) is 10.5. The molecule has 0 aliphatic carbocycles. The molecule has 3 rings (SSSR count). The molecule has 2 unspecified atom stereocenters. The van der Waals surface area contributed by atoms with Crippen LogP contribution in [-0.4, -0.2) is 69.7 Å². The molecule has 0 aromatic heterocycles. The van der Waals surface area contributed by atoms with Crippen LogP contribution in [0.5, 0.6) is 0 Å². The summed E-state index contributed by atoms with van der Waals surface area (Å²) in [5.74, 6) is 2.53. The third-order valence-corrected chi connectivity index (χ3v) is 7.51. The number of aliphatic imine (C=N–C) groups is 1. The summed E-state index contributed by atoms with van der Waals surface area (Å²) in [4.78, 5) is 7.16. The van der Waals surface area contributed by atoms with Crippen molar-refractivity contribution in [1.29, 1.82) is 0 Å². The molecule has 0 aromatic carbocycles. The van der Waals surface area contributed by atoms with E-state index in [9.17, 15) is 8.42 Å². The highest BCUT2D eigenvalue weighted by atomic mass is 127. The van der Waals surface area contributed by atoms with Gasteiger partial charge in [0.1, 0.15) is 0 Å². The topological polar surface area (TPSA) is 71.0 Å². The molecule has 0 aromatic rings. The fraction of sp³-hybridized carbons (Fsp3) is 0.944. The maximum atomic E-state index is 11.7. The first kappa shape index (κ1) is 22.2. The van der Waals surface area contributed by atoms with E-state index in [4.69, 9.17) is 9.73 Å². The van der Waals surface area contributed by atoms with Crippen LogP contribution in [0.25, 0.3) is 0 Å². The number of likely N-dealkylation sites (tertiary alicyclic amines) is 1. The Kier molecular flexibility index (Phi) is 8.93. The normalized spacial score (nSPS) is 30.0. The van der Waals surface area contributed by atoms with Crippen molar-refractivity contribution in [2.45, 2.75) is 51.6 Å². The number of hydrogen-bond acceptors (Lipinski definition) is 4. The highest BCUT2D eigenvalue weighted by Crippen LogP contribution is 2.20. The van der Waals surface area contributed by atoms with Gasteiger partial charge in [-0.2, -0.15) is 0 Å². The van der Waals surface area contributed by atoms with E-state index in [-0.39, 0.29) is 36.0 Å². The van der Waals surface area contributed by atoms with Crippen LogP contribution in [0, 0.1) is 11.8 Å². The van der Waals surface area contributed by atoms with Crippen LogP contribution in [0.4, 0.5) is 0 Å². The van der Waals surface area contributed by atoms with Gasteiger partial charge in [0.25, 0.3) is 0 Å². The first-order valence-corrected chi connectivity index (χ1v) is 11.7. The molecule has 3 saturated heterocycles. The summed E-state index contributed by atoms with van der Waals surface area (Å²) in [6.45, 7) is 6.64. The smallest absolute Gasteiger partial charge is 0.194 e. The zero-order chi connectivity index (χ0) is 17.7. The summed E-state index contributed by atoms with van der Waals surface area (Å²) in [5, 5.41) is 3.52. The van der Waals surface area contributed by atoms with Crippen LogP contribution in [0.1, 0.15) is 45.4 Å². The van der Waals surface area contributed by atoms with Gasteiger partial charge in [0, 0.05) is 32.8 Å². The lowest BCUT2D eigenvalue weighted by atomic mass is 9.99. The third kappa shape index (κ3) is 6.82. The van der Waals surface area contributed by atoms with Gasteiger partial charge in [0.2, 0.25) is 0 Å². The first-order chi connectivity index (χ1) is 12.0. The fourth-order valence-electron chi connectivity index (χ4n) is 3.89. The van der Waals surface area contributed by atoms with E-state index in [0.29, 0.717) is 18.1 Å². The number of nitrogens with zero attached hydrogens (tertiary/aromatic N) is 2. The maximum Gasteiger partial charge on any atom is 0.194 e. The van der Waals surface area contributed by atoms with E-state index in [1.165, 1.54) is 19.3 Å². The van der Waals surface area contributed by atoms with Crippen molar-refractivity contribution in [2.75, 3.05) is 44.3 Å². The largest absolute Gasteiger partial charge is 0.376 e. The van der Waals surface area contributed by atoms with Gasteiger partial charge in [-0.1, -0.05) is 6.92 Å². The van der Waals surface area contributed by atoms with Crippen LogP contribution in [-0.2, 0) is 14.6 Å². The average Bonchev–Trinajstić information content (AvgIpc) is 2.96. The molecule has 8 heteroatoms. The lowest BCUT2D eigenvalue weighted by Gasteiger charge is -2.34. The summed E-state index contributed by atoms with van der Waals surface area (Å²) in [6.07, 6.45) is 6.92. The van der Waals surface area contributed by atoms with Gasteiger partial charge in [0.05, 0.1) is 17.6 Å². The molecule has 2 atom stereocenters. The predicted molar refractivity (Wildman–Crippen MR) is 116 cm³/mol. The number of piperidine rings is 1. The number of guanidine groups is 1. The summed E-state index contributed by atoms with van der Waals surface area (Å²) in [6, 6.07) is 0. The van der Waals surface area contributed by atoms with Crippen molar-refractivity contribution in [1.82, 2.24) is 10.2 Å². The zero-order valence-corrected chi connectivity index (χ0v) is 19.0. The predicted octanol–water partition coefficient (Wildman–Crippen LogP) is 2.29. The Morgan fingerprint density at radius 3 is 2.58 bits per heavy atom. The van der Waals surface area contributed by atoms with Crippen LogP contribution < -0.4 is 5.32 Å². The van der Waals surface area contributed by atoms with Crippen molar-refractivity contribution in [3.05, 3.63) is 0 Å². The third-order valence-electron chi connectivity index (χ3n) is 5.67. The van der Waals surface area contributed by atoms with Crippen molar-refractivity contribution < 1.29 is 13.2 Å². The molecule has 0 bridgehead atoms. The first-order valence-electron chi connectivity index (χ1n) is 9.87. The Bertz CT molecular complexity index is 556. The fourth-order valence-corrected chi connectivity index (χ4v) is 5.74. The summed E-state index contributed by atoms with van der Waals surface area (Å²) in [7, 11) is -2.83. The Balaban J connectivity index is 0.00000243. The Morgan fingerprint density at radius 2 is 1.96 bits per heavy atom. The zero-order valence-electron chi connectivity index (χ0n) is 15.9. The lowest BCUT2D eigenvalue weighted by molar-refractivity contribution is 0.0190. The van der Waals surface area contributed by atoms with Crippen molar-refractivity contribution in [3.8, 4) is 0 Å². The molecule has 3 aliphatic heterocycles. The number of nitrogens with one attached hydrogen (secondary N) is 1. The SMILES string of the molecule is CC1CCN(C(=NCC2CCS(=O)(=O)C2)NCC2CCCCO2)CC1.I. The molecule has 0 saturated carbocycles. The minimum atomic E-state index is -2.83. The number of rotatable bonds is 4. The van der Waals surface area contributed by atoms with Crippen molar-refractivity contribution in [3.63, 3.8) is 0 Å². The van der Waals surface area contributed by atoms with E-state index in [1.54, 1.807) is 0 Å². The van der Waals surface area contributed by atoms with E-state index in [2.05, 4.69) is 17.1 Å². The summed E-state index contributed by atoms with van der Waals surface area (Å²) >= 11 is 0. The lowest BCUT2D eigenvalue weighted by Crippen LogP contribution is -2.48. The van der Waals surface area contributed by atoms with Gasteiger partial charge in [-0.25, -0.2) is 8.42 Å². The van der Waals surface area contributed by atoms with Crippen LogP contribution in [0.3, 0.4) is 0 Å². The highest BCUT2D eigenvalue weighted by molar-refractivity contribution is 14.0. The van der Waals surface area contributed by atoms with Gasteiger partial charge in [-0.15, -0.1) is 24.0 Å². The summed E-state index contributed by atoms with van der Waals surface area (Å²) < 4.78 is 29.2. The number of ether oxygens (including phenoxy) is 1. The second-order valence-electron chi connectivity index (χ2n) is 7.97. The molecule has 152 valence electrons. The van der Waals surface area contributed by atoms with Gasteiger partial charge < -0.3 is 15.0 Å². The molecule has 3 heterocycles. The average molecular weight is 499 g/mol. The molecule has 0 radical (unpaired) electrons. The standard InChI is InChI=1S/C18H33N3O3S.HI/c1-15-5-8-21(9-6-15)18(20-13-17-4-2-3-10-24-17)19-12-16-7-11-25(22,23)14-16;/h15-17H,2-14H2,1H3,(H,19,20);1H. The molecule has 3 aliphatic rings. The monoisotopic (exact) mass is 499 g/mol. The molecule has 3 fully saturated rings. The maximum absolute atomic E-state index is 11.7. The highest BCUT2D eigenvalue weighted by Gasteiger charge is 2.28. The van der Waals surface area contributed by atoms with Gasteiger partial charge in [-0.05, 0) is 50.4 Å². The molecule has 26 heavy (non-hydrogen) atoms. The molecule has 0 amide bonds. The van der Waals surface area contributed by atoms with Crippen molar-refractivity contribution >= 4 is 39.8 Å². The van der Waals surface area contributed by atoms with Crippen LogP contribution in [0.15, 0.2) is 4.99 Å². The quantitative estimate of drug-likeness (QED) is 0.365. The Morgan fingerprint density at radius 1 is 1.19 bits per heavy atom. The van der Waals surface area contributed by atoms with E-state index >= 15 is 0 Å². The Labute approximate surface area is 175 Å². The summed E-state index contributed by atoms with van der Waals surface area (Å²) in [5.41, 5.74) is 0. The second-order valence-corrected chi connectivity index (χ2v) is 10.2. The number of sulfone groups is 1. The van der Waals surface area contributed by atoms with E-state index < -0.39 is 9.84 Å². The Hall–Kier alpha value is -0.0900. The molecular formula is C18H34IN3O3S. The van der Waals surface area contributed by atoms with Crippen LogP contribution >= 0.6 is 24.0 Å². The molecule has 1 N–H and O–H groups in total. The van der Waals surface area contributed by atoms with E-state index in [1.807, 2.05) is 0 Å². The van der Waals surface area contributed by atoms with Gasteiger partial charge in [-0.3, -0.25) is 4.99 Å². The van der Waals surface area contributed by atoms with Gasteiger partial charge in [0.15, 0.2) is 15.8 Å². The molecule has 6 nitrogen and oxygen atoms in total. The minimum Gasteiger partial charge on any atom is -0.376 e. The number of hydrogen-bond donors (Lipinski definition) is 1. The molecular weight excluding hydrogens is 465 g/mol. The van der Waals surface area contributed by atoms with Crippen LogP contribution in [0.2, 0.25) is 0 Å². The van der Waals surface area contributed by atoms with Gasteiger partial charge >= 0.3 is 0 Å². The minimum absolute atomic E-state index is 0. The van der Waals surface area contributed by atoms with E-state index in [0.717, 1.165) is 57.4 Å². The van der Waals surface area contributed by atoms with Crippen molar-refractivity contribution in [2.24, 2.45) is 16.8 Å².